The first-order valence-corrected chi connectivity index (χ1v) is 9.14. The van der Waals surface area contributed by atoms with Crippen molar-refractivity contribution in [2.24, 2.45) is 0 Å². The van der Waals surface area contributed by atoms with Gasteiger partial charge in [-0.25, -0.2) is 0 Å². The first-order chi connectivity index (χ1) is 12.3. The van der Waals surface area contributed by atoms with Gasteiger partial charge in [0.05, 0.1) is 0 Å². The number of nitrogens with one attached hydrogen (secondary N) is 2. The van der Waals surface area contributed by atoms with Crippen LogP contribution >= 0.6 is 0 Å². The van der Waals surface area contributed by atoms with Crippen molar-refractivity contribution in [3.05, 3.63) is 71.9 Å². The van der Waals surface area contributed by atoms with Crippen LogP contribution in [0.25, 0.3) is 10.9 Å². The van der Waals surface area contributed by atoms with E-state index in [9.17, 15) is 4.79 Å². The van der Waals surface area contributed by atoms with Crippen LogP contribution in [-0.2, 0) is 16.6 Å². The quantitative estimate of drug-likeness (QED) is 0.664. The molecule has 2 N–H and O–H groups in total. The highest BCUT2D eigenvalue weighted by Gasteiger charge is 2.44. The molecule has 2 aromatic carbocycles. The van der Waals surface area contributed by atoms with Crippen LogP contribution in [0, 0.1) is 0 Å². The van der Waals surface area contributed by atoms with Crippen molar-refractivity contribution < 1.29 is 4.79 Å². The third-order valence-electron chi connectivity index (χ3n) is 5.39. The minimum Gasteiger partial charge on any atom is -0.361 e. The fourth-order valence-electron chi connectivity index (χ4n) is 3.64. The van der Waals surface area contributed by atoms with Crippen LogP contribution in [0.4, 0.5) is 0 Å². The molecule has 0 unspecified atom stereocenters. The maximum absolute atomic E-state index is 12.2. The number of fused-ring (bicyclic) bond motifs is 1. The highest BCUT2D eigenvalue weighted by atomic mass is 16.1. The smallest absolute Gasteiger partial charge is 0.220 e. The first kappa shape index (κ1) is 15.9. The molecular formula is C22H24N2O. The SMILES string of the molecule is O=C(CCCc1c[nH]c2ccccc12)NCC1(c2ccccc2)CC1. The number of hydrogen-bond donors (Lipinski definition) is 2. The lowest BCUT2D eigenvalue weighted by atomic mass is 9.96. The topological polar surface area (TPSA) is 44.9 Å². The van der Waals surface area contributed by atoms with E-state index >= 15 is 0 Å². The molecule has 1 aliphatic carbocycles. The van der Waals surface area contributed by atoms with Gasteiger partial charge >= 0.3 is 0 Å². The number of carbonyl (C=O) groups is 1. The van der Waals surface area contributed by atoms with E-state index in [-0.39, 0.29) is 11.3 Å². The second-order valence-electron chi connectivity index (χ2n) is 7.14. The van der Waals surface area contributed by atoms with Gasteiger partial charge in [0, 0.05) is 35.5 Å². The summed E-state index contributed by atoms with van der Waals surface area (Å²) in [6.07, 6.45) is 6.81. The molecule has 1 heterocycles. The van der Waals surface area contributed by atoms with Gasteiger partial charge in [0.15, 0.2) is 0 Å². The highest BCUT2D eigenvalue weighted by molar-refractivity contribution is 5.83. The van der Waals surface area contributed by atoms with Crippen LogP contribution < -0.4 is 5.32 Å². The van der Waals surface area contributed by atoms with Crippen LogP contribution in [0.15, 0.2) is 60.8 Å². The van der Waals surface area contributed by atoms with Gasteiger partial charge in [-0.15, -0.1) is 0 Å². The number of H-pyrrole nitrogens is 1. The van der Waals surface area contributed by atoms with Crippen molar-refractivity contribution in [3.8, 4) is 0 Å². The van der Waals surface area contributed by atoms with Gasteiger partial charge < -0.3 is 10.3 Å². The highest BCUT2D eigenvalue weighted by Crippen LogP contribution is 2.47. The minimum absolute atomic E-state index is 0.169. The third-order valence-corrected chi connectivity index (χ3v) is 5.39. The standard InChI is InChI=1S/C22H24N2O/c25-21(24-16-22(13-14-22)18-8-2-1-3-9-18)12-6-7-17-15-23-20-11-5-4-10-19(17)20/h1-5,8-11,15,23H,6-7,12-14,16H2,(H,24,25). The zero-order chi connectivity index (χ0) is 17.1. The lowest BCUT2D eigenvalue weighted by molar-refractivity contribution is -0.121. The lowest BCUT2D eigenvalue weighted by Gasteiger charge is -2.16. The molecule has 1 aliphatic rings. The summed E-state index contributed by atoms with van der Waals surface area (Å²) >= 11 is 0. The molecule has 3 heteroatoms. The third kappa shape index (κ3) is 3.46. The first-order valence-electron chi connectivity index (χ1n) is 9.14. The predicted octanol–water partition coefficient (Wildman–Crippen LogP) is 4.34. The Morgan fingerprint density at radius 3 is 2.60 bits per heavy atom. The van der Waals surface area contributed by atoms with E-state index in [0.717, 1.165) is 19.4 Å². The van der Waals surface area contributed by atoms with Crippen molar-refractivity contribution in [3.63, 3.8) is 0 Å². The predicted molar refractivity (Wildman–Crippen MR) is 102 cm³/mol. The van der Waals surface area contributed by atoms with Crippen LogP contribution in [0.3, 0.4) is 0 Å². The fourth-order valence-corrected chi connectivity index (χ4v) is 3.64. The molecule has 1 amide bonds. The lowest BCUT2D eigenvalue weighted by Crippen LogP contribution is -2.32. The Bertz CT molecular complexity index is 862. The molecule has 128 valence electrons. The van der Waals surface area contributed by atoms with E-state index in [0.29, 0.717) is 6.42 Å². The molecule has 4 rings (SSSR count). The van der Waals surface area contributed by atoms with E-state index in [2.05, 4.69) is 59.0 Å². The summed E-state index contributed by atoms with van der Waals surface area (Å²) in [4.78, 5) is 15.5. The number of para-hydroxylation sites is 1. The van der Waals surface area contributed by atoms with E-state index < -0.39 is 0 Å². The second kappa shape index (κ2) is 6.75. The Hall–Kier alpha value is -2.55. The van der Waals surface area contributed by atoms with Crippen molar-refractivity contribution in [2.45, 2.75) is 37.5 Å². The molecule has 25 heavy (non-hydrogen) atoms. The molecule has 0 atom stereocenters. The zero-order valence-electron chi connectivity index (χ0n) is 14.4. The van der Waals surface area contributed by atoms with Crippen LogP contribution in [-0.4, -0.2) is 17.4 Å². The van der Waals surface area contributed by atoms with Crippen LogP contribution in [0.5, 0.6) is 0 Å². The molecule has 0 radical (unpaired) electrons. The Morgan fingerprint density at radius 1 is 1.04 bits per heavy atom. The molecule has 1 saturated carbocycles. The molecular weight excluding hydrogens is 308 g/mol. The monoisotopic (exact) mass is 332 g/mol. The number of hydrogen-bond acceptors (Lipinski definition) is 1. The van der Waals surface area contributed by atoms with Gasteiger partial charge in [0.25, 0.3) is 0 Å². The van der Waals surface area contributed by atoms with Crippen LogP contribution in [0.1, 0.15) is 36.8 Å². The Labute approximate surface area is 148 Å². The number of aromatic nitrogens is 1. The molecule has 0 bridgehead atoms. The van der Waals surface area contributed by atoms with Crippen molar-refractivity contribution in [2.75, 3.05) is 6.54 Å². The van der Waals surface area contributed by atoms with E-state index in [1.165, 1.54) is 34.9 Å². The van der Waals surface area contributed by atoms with E-state index in [1.807, 2.05) is 12.1 Å². The molecule has 3 nitrogen and oxygen atoms in total. The molecule has 0 saturated heterocycles. The summed E-state index contributed by atoms with van der Waals surface area (Å²) in [7, 11) is 0. The van der Waals surface area contributed by atoms with Crippen LogP contribution in [0.2, 0.25) is 0 Å². The summed E-state index contributed by atoms with van der Waals surface area (Å²) in [6.45, 7) is 0.767. The summed E-state index contributed by atoms with van der Waals surface area (Å²) in [5.41, 5.74) is 4.01. The number of aryl methyl sites for hydroxylation is 1. The molecule has 3 aromatic rings. The van der Waals surface area contributed by atoms with Crippen molar-refractivity contribution in [1.82, 2.24) is 10.3 Å². The van der Waals surface area contributed by atoms with E-state index in [4.69, 9.17) is 0 Å². The summed E-state index contributed by atoms with van der Waals surface area (Å²) in [5, 5.41) is 4.42. The average molecular weight is 332 g/mol. The van der Waals surface area contributed by atoms with Crippen molar-refractivity contribution >= 4 is 16.8 Å². The Morgan fingerprint density at radius 2 is 1.80 bits per heavy atom. The fraction of sp³-hybridized carbons (Fsp3) is 0.318. The van der Waals surface area contributed by atoms with Crippen molar-refractivity contribution in [1.29, 1.82) is 0 Å². The number of aromatic amines is 1. The van der Waals surface area contributed by atoms with Gasteiger partial charge in [-0.3, -0.25) is 4.79 Å². The number of benzene rings is 2. The van der Waals surface area contributed by atoms with Gasteiger partial charge in [0.1, 0.15) is 0 Å². The Kier molecular flexibility index (Phi) is 4.31. The number of amides is 1. The molecule has 0 aliphatic heterocycles. The van der Waals surface area contributed by atoms with Gasteiger partial charge in [-0.2, -0.15) is 0 Å². The Balaban J connectivity index is 1.26. The largest absolute Gasteiger partial charge is 0.361 e. The molecule has 1 fully saturated rings. The summed E-state index contributed by atoms with van der Waals surface area (Å²) in [6, 6.07) is 18.9. The number of rotatable bonds is 7. The normalized spacial score (nSPS) is 15.2. The maximum atomic E-state index is 12.2. The van der Waals surface area contributed by atoms with Gasteiger partial charge in [-0.1, -0.05) is 48.5 Å². The van der Waals surface area contributed by atoms with Gasteiger partial charge in [-0.05, 0) is 42.9 Å². The second-order valence-corrected chi connectivity index (χ2v) is 7.14. The zero-order valence-corrected chi connectivity index (χ0v) is 14.4. The minimum atomic E-state index is 0.169. The maximum Gasteiger partial charge on any atom is 0.220 e. The molecule has 1 aromatic heterocycles. The summed E-state index contributed by atoms with van der Waals surface area (Å²) < 4.78 is 0. The number of carbonyl (C=O) groups excluding carboxylic acids is 1. The molecule has 0 spiro atoms. The summed E-state index contributed by atoms with van der Waals surface area (Å²) in [5.74, 6) is 0.169. The van der Waals surface area contributed by atoms with Gasteiger partial charge in [0.2, 0.25) is 5.91 Å². The average Bonchev–Trinajstić information content (AvgIpc) is 3.35. The van der Waals surface area contributed by atoms with E-state index in [1.54, 1.807) is 0 Å².